The second-order valence-electron chi connectivity index (χ2n) is 9.25. The minimum Gasteiger partial charge on any atom is -0.748 e. The van der Waals surface area contributed by atoms with Gasteiger partial charge in [0, 0.05) is 46.6 Å². The Bertz CT molecular complexity index is 1490. The van der Waals surface area contributed by atoms with Crippen LogP contribution < -0.4 is 9.47 Å². The number of halogens is 2. The van der Waals surface area contributed by atoms with Gasteiger partial charge in [0.05, 0.1) is 22.3 Å². The number of aryl methyl sites for hydroxylation is 1. The molecular formula is C24H28Cl2N2O6S3. The zero-order valence-corrected chi connectivity index (χ0v) is 23.9. The van der Waals surface area contributed by atoms with E-state index in [-0.39, 0.29) is 24.0 Å². The molecular weight excluding hydrogens is 579 g/mol. The quantitative estimate of drug-likeness (QED) is 0.184. The molecule has 0 aliphatic carbocycles. The molecule has 0 bridgehead atoms. The first kappa shape index (κ1) is 28.5. The summed E-state index contributed by atoms with van der Waals surface area (Å²) in [5, 5.41) is 2.34. The van der Waals surface area contributed by atoms with Crippen LogP contribution in [0, 0.1) is 0 Å². The number of thiazole rings is 1. The van der Waals surface area contributed by atoms with E-state index in [0.29, 0.717) is 48.8 Å². The molecule has 0 amide bonds. The molecule has 202 valence electrons. The van der Waals surface area contributed by atoms with Crippen molar-refractivity contribution in [1.29, 1.82) is 0 Å². The third-order valence-corrected chi connectivity index (χ3v) is 9.73. The van der Waals surface area contributed by atoms with E-state index in [2.05, 4.69) is 9.47 Å². The molecule has 0 saturated heterocycles. The van der Waals surface area contributed by atoms with Gasteiger partial charge in [-0.3, -0.25) is 4.55 Å². The number of benzene rings is 2. The summed E-state index contributed by atoms with van der Waals surface area (Å²) in [6.45, 7) is 1.18. The number of rotatable bonds is 12. The molecule has 3 aromatic rings. The van der Waals surface area contributed by atoms with Crippen molar-refractivity contribution in [3.63, 3.8) is 0 Å². The van der Waals surface area contributed by atoms with Gasteiger partial charge in [0.1, 0.15) is 11.2 Å². The van der Waals surface area contributed by atoms with E-state index < -0.39 is 20.2 Å². The van der Waals surface area contributed by atoms with Crippen molar-refractivity contribution in [1.82, 2.24) is 0 Å². The fourth-order valence-corrected chi connectivity index (χ4v) is 7.54. The molecule has 37 heavy (non-hydrogen) atoms. The molecule has 8 nitrogen and oxygen atoms in total. The van der Waals surface area contributed by atoms with Gasteiger partial charge < -0.3 is 9.45 Å². The Kier molecular flexibility index (Phi) is 9.05. The Morgan fingerprint density at radius 1 is 1.00 bits per heavy atom. The van der Waals surface area contributed by atoms with Crippen LogP contribution in [-0.4, -0.2) is 50.0 Å². The fraction of sp³-hybridized carbons (Fsp3) is 0.458. The van der Waals surface area contributed by atoms with Gasteiger partial charge in [0.2, 0.25) is 10.5 Å². The molecule has 1 aromatic heterocycles. The lowest BCUT2D eigenvalue weighted by Crippen LogP contribution is -2.41. The third-order valence-electron chi connectivity index (χ3n) is 6.48. The third kappa shape index (κ3) is 7.78. The Balaban J connectivity index is 1.58. The van der Waals surface area contributed by atoms with Gasteiger partial charge >= 0.3 is 0 Å². The minimum absolute atomic E-state index is 0.107. The molecule has 0 saturated carbocycles. The van der Waals surface area contributed by atoms with Crippen molar-refractivity contribution in [3.05, 3.63) is 57.0 Å². The predicted molar refractivity (Wildman–Crippen MR) is 146 cm³/mol. The number of nitrogens with zero attached hydrogens (tertiary/aromatic N) is 2. The summed E-state index contributed by atoms with van der Waals surface area (Å²) < 4.78 is 67.7. The summed E-state index contributed by atoms with van der Waals surface area (Å²) in [6.07, 6.45) is 3.27. The SMILES string of the molecule is O=S(=O)([O-])CCCC[n+]1c(CC2Cc3ccc(Cl)cc3N2CCCCS(=O)(=O)O)sc2ccc(Cl)cc21. The lowest BCUT2D eigenvalue weighted by Gasteiger charge is -2.27. The van der Waals surface area contributed by atoms with Crippen LogP contribution in [0.3, 0.4) is 0 Å². The highest BCUT2D eigenvalue weighted by atomic mass is 35.5. The van der Waals surface area contributed by atoms with E-state index in [9.17, 15) is 21.4 Å². The van der Waals surface area contributed by atoms with Gasteiger partial charge in [0.15, 0.2) is 0 Å². The Labute approximate surface area is 231 Å². The maximum atomic E-state index is 11.1. The topological polar surface area (TPSA) is 119 Å². The first-order chi connectivity index (χ1) is 17.4. The van der Waals surface area contributed by atoms with Crippen LogP contribution in [0.4, 0.5) is 5.69 Å². The fourth-order valence-electron chi connectivity index (χ4n) is 4.84. The van der Waals surface area contributed by atoms with E-state index >= 15 is 0 Å². The predicted octanol–water partition coefficient (Wildman–Crippen LogP) is 4.46. The summed E-state index contributed by atoms with van der Waals surface area (Å²) in [4.78, 5) is 2.26. The van der Waals surface area contributed by atoms with Crippen LogP contribution in [0.5, 0.6) is 0 Å². The summed E-state index contributed by atoms with van der Waals surface area (Å²) in [6, 6.07) is 11.6. The average molecular weight is 608 g/mol. The molecule has 4 rings (SSSR count). The van der Waals surface area contributed by atoms with Crippen molar-refractivity contribution >= 4 is 70.7 Å². The van der Waals surface area contributed by atoms with Crippen LogP contribution in [0.25, 0.3) is 10.2 Å². The Hall–Kier alpha value is -1.47. The molecule has 2 aromatic carbocycles. The Morgan fingerprint density at radius 3 is 2.43 bits per heavy atom. The normalized spacial score (nSPS) is 16.0. The highest BCUT2D eigenvalue weighted by Crippen LogP contribution is 2.37. The maximum absolute atomic E-state index is 11.1. The van der Waals surface area contributed by atoms with Crippen molar-refractivity contribution < 1.29 is 30.5 Å². The van der Waals surface area contributed by atoms with Crippen molar-refractivity contribution in [3.8, 4) is 0 Å². The van der Waals surface area contributed by atoms with Gasteiger partial charge in [-0.2, -0.15) is 13.0 Å². The van der Waals surface area contributed by atoms with Crippen molar-refractivity contribution in [2.24, 2.45) is 0 Å². The lowest BCUT2D eigenvalue weighted by atomic mass is 10.1. The molecule has 0 spiro atoms. The summed E-state index contributed by atoms with van der Waals surface area (Å²) >= 11 is 14.2. The van der Waals surface area contributed by atoms with Crippen molar-refractivity contribution in [2.45, 2.75) is 51.1 Å². The van der Waals surface area contributed by atoms with Crippen LogP contribution in [0.2, 0.25) is 10.0 Å². The lowest BCUT2D eigenvalue weighted by molar-refractivity contribution is -0.674. The number of unbranched alkanes of at least 4 members (excludes halogenated alkanes) is 2. The zero-order valence-electron chi connectivity index (χ0n) is 20.0. The second-order valence-corrected chi connectivity index (χ2v) is 14.3. The van der Waals surface area contributed by atoms with Gasteiger partial charge in [-0.1, -0.05) is 40.6 Å². The highest BCUT2D eigenvalue weighted by molar-refractivity contribution is 7.85. The van der Waals surface area contributed by atoms with E-state index in [4.69, 9.17) is 27.8 Å². The summed E-state index contributed by atoms with van der Waals surface area (Å²) in [5.74, 6) is -0.661. The average Bonchev–Trinajstić information content (AvgIpc) is 3.30. The van der Waals surface area contributed by atoms with Crippen LogP contribution in [0.1, 0.15) is 36.3 Å². The second kappa shape index (κ2) is 11.7. The zero-order chi connectivity index (χ0) is 26.8. The number of aromatic nitrogens is 1. The molecule has 1 aliphatic heterocycles. The smallest absolute Gasteiger partial charge is 0.264 e. The van der Waals surface area contributed by atoms with E-state index in [0.717, 1.165) is 27.3 Å². The number of anilines is 1. The van der Waals surface area contributed by atoms with Gasteiger partial charge in [-0.05, 0) is 55.5 Å². The maximum Gasteiger partial charge on any atom is 0.264 e. The van der Waals surface area contributed by atoms with E-state index in [1.165, 1.54) is 5.56 Å². The molecule has 2 heterocycles. The minimum atomic E-state index is -4.25. The number of hydrogen-bond acceptors (Lipinski definition) is 7. The largest absolute Gasteiger partial charge is 0.748 e. The number of fused-ring (bicyclic) bond motifs is 2. The molecule has 0 radical (unpaired) electrons. The van der Waals surface area contributed by atoms with E-state index in [1.54, 1.807) is 11.3 Å². The molecule has 0 fully saturated rings. The monoisotopic (exact) mass is 606 g/mol. The van der Waals surface area contributed by atoms with Gasteiger partial charge in [-0.15, -0.1) is 0 Å². The van der Waals surface area contributed by atoms with Crippen LogP contribution >= 0.6 is 34.5 Å². The van der Waals surface area contributed by atoms with Crippen LogP contribution in [-0.2, 0) is 39.6 Å². The molecule has 1 unspecified atom stereocenters. The van der Waals surface area contributed by atoms with Crippen LogP contribution in [0.15, 0.2) is 36.4 Å². The molecule has 1 N–H and O–H groups in total. The van der Waals surface area contributed by atoms with Crippen molar-refractivity contribution in [2.75, 3.05) is 23.0 Å². The standard InChI is InChI=1S/C24H28Cl2N2O6S3/c25-18-6-5-17-13-20(27(21(17)14-18)9-1-3-11-36(29,30)31)16-24-28(10-2-4-12-37(32,33)34)22-15-19(26)7-8-23(22)35-24/h5-8,14-15,20H,1-4,9-13,16H2,(H-,29,30,31,32,33,34). The summed E-state index contributed by atoms with van der Waals surface area (Å²) in [5.41, 5.74) is 3.16. The Morgan fingerprint density at radius 2 is 1.70 bits per heavy atom. The first-order valence-electron chi connectivity index (χ1n) is 11.9. The van der Waals surface area contributed by atoms with E-state index in [1.807, 2.05) is 36.4 Å². The first-order valence-corrected chi connectivity index (χ1v) is 16.7. The molecule has 1 atom stereocenters. The number of hydrogen-bond donors (Lipinski definition) is 1. The highest BCUT2D eigenvalue weighted by Gasteiger charge is 2.33. The van der Waals surface area contributed by atoms with Gasteiger partial charge in [0.25, 0.3) is 10.1 Å². The molecule has 1 aliphatic rings. The summed E-state index contributed by atoms with van der Waals surface area (Å²) in [7, 11) is -8.26. The molecule has 13 heteroatoms. The van der Waals surface area contributed by atoms with Gasteiger partial charge in [-0.25, -0.2) is 8.42 Å².